The number of ether oxygens (including phenoxy) is 1. The van der Waals surface area contributed by atoms with Crippen molar-refractivity contribution in [2.75, 3.05) is 45.1 Å². The summed E-state index contributed by atoms with van der Waals surface area (Å²) in [5.41, 5.74) is 7.01. The summed E-state index contributed by atoms with van der Waals surface area (Å²) in [6.45, 7) is 4.88. The van der Waals surface area contributed by atoms with Crippen LogP contribution in [0.1, 0.15) is 0 Å². The zero-order chi connectivity index (χ0) is 18.8. The summed E-state index contributed by atoms with van der Waals surface area (Å²) in [4.78, 5) is 6.33. The van der Waals surface area contributed by atoms with E-state index in [9.17, 15) is 9.50 Å². The Labute approximate surface area is 158 Å². The quantitative estimate of drug-likeness (QED) is 0.710. The van der Waals surface area contributed by atoms with Crippen molar-refractivity contribution in [3.8, 4) is 16.9 Å². The lowest BCUT2D eigenvalue weighted by molar-refractivity contribution is 0.0735. The number of nitrogen functional groups attached to an aromatic ring is 1. The molecule has 4 N–H and O–H groups in total. The third-order valence-electron chi connectivity index (χ3n) is 5.37. The maximum absolute atomic E-state index is 14.0. The third-order valence-corrected chi connectivity index (χ3v) is 5.37. The second kappa shape index (κ2) is 7.80. The number of fused-ring (bicyclic) bond motifs is 1. The molecule has 3 atom stereocenters. The van der Waals surface area contributed by atoms with Crippen LogP contribution in [0.3, 0.4) is 0 Å². The van der Waals surface area contributed by atoms with Gasteiger partial charge in [0.2, 0.25) is 0 Å². The minimum absolute atomic E-state index is 0.132. The van der Waals surface area contributed by atoms with E-state index in [0.717, 1.165) is 31.7 Å². The van der Waals surface area contributed by atoms with Crippen LogP contribution in [0.2, 0.25) is 0 Å². The van der Waals surface area contributed by atoms with Crippen molar-refractivity contribution < 1.29 is 14.2 Å². The molecule has 0 aliphatic carbocycles. The average molecular weight is 372 g/mol. The van der Waals surface area contributed by atoms with E-state index in [2.05, 4.69) is 15.2 Å². The maximum Gasteiger partial charge on any atom is 0.127 e. The number of hydrogen-bond donors (Lipinski definition) is 3. The van der Waals surface area contributed by atoms with Gasteiger partial charge in [-0.1, -0.05) is 0 Å². The smallest absolute Gasteiger partial charge is 0.127 e. The lowest BCUT2D eigenvalue weighted by Gasteiger charge is -2.21. The molecule has 27 heavy (non-hydrogen) atoms. The van der Waals surface area contributed by atoms with Crippen LogP contribution in [0.15, 0.2) is 36.5 Å². The van der Waals surface area contributed by atoms with Crippen LogP contribution in [0.4, 0.5) is 10.2 Å². The Bertz CT molecular complexity index is 774. The fourth-order valence-electron chi connectivity index (χ4n) is 4.03. The van der Waals surface area contributed by atoms with Crippen LogP contribution in [-0.4, -0.2) is 60.4 Å². The van der Waals surface area contributed by atoms with Gasteiger partial charge in [-0.05, 0) is 54.8 Å². The molecule has 0 saturated carbocycles. The molecule has 2 saturated heterocycles. The standard InChI is InChI=1S/C20H25FN4O2/c21-17-3-14(13-1-2-20(22)24-8-13)4-19(5-17)27-12-18(26)11-25-9-15-6-23-7-16(15)10-25/h1-5,8,15-16,18,23,26H,6-7,9-12H2,(H2,22,24)/t15-,16+,18?. The average Bonchev–Trinajstić information content (AvgIpc) is 3.21. The maximum atomic E-state index is 14.0. The summed E-state index contributed by atoms with van der Waals surface area (Å²) >= 11 is 0. The normalized spacial score (nSPS) is 23.3. The highest BCUT2D eigenvalue weighted by molar-refractivity contribution is 5.65. The summed E-state index contributed by atoms with van der Waals surface area (Å²) in [7, 11) is 0. The number of aliphatic hydroxyl groups is 1. The molecule has 1 unspecified atom stereocenters. The van der Waals surface area contributed by atoms with Gasteiger partial charge in [-0.25, -0.2) is 9.37 Å². The second-order valence-corrected chi connectivity index (χ2v) is 7.51. The van der Waals surface area contributed by atoms with Crippen molar-refractivity contribution in [2.24, 2.45) is 11.8 Å². The van der Waals surface area contributed by atoms with Gasteiger partial charge in [-0.15, -0.1) is 0 Å². The van der Waals surface area contributed by atoms with Crippen LogP contribution in [0.25, 0.3) is 11.1 Å². The number of benzene rings is 1. The van der Waals surface area contributed by atoms with Crippen LogP contribution >= 0.6 is 0 Å². The summed E-state index contributed by atoms with van der Waals surface area (Å²) in [6, 6.07) is 7.95. The number of likely N-dealkylation sites (tertiary alicyclic amines) is 1. The number of pyridine rings is 1. The highest BCUT2D eigenvalue weighted by atomic mass is 19.1. The predicted octanol–water partition coefficient (Wildman–Crippen LogP) is 1.36. The van der Waals surface area contributed by atoms with Crippen LogP contribution in [0, 0.1) is 17.7 Å². The minimum Gasteiger partial charge on any atom is -0.491 e. The molecule has 0 spiro atoms. The first kappa shape index (κ1) is 18.2. The number of aromatic nitrogens is 1. The van der Waals surface area contributed by atoms with Crippen molar-refractivity contribution in [1.82, 2.24) is 15.2 Å². The number of rotatable bonds is 6. The van der Waals surface area contributed by atoms with E-state index in [1.807, 2.05) is 0 Å². The summed E-state index contributed by atoms with van der Waals surface area (Å²) in [6.07, 6.45) is 0.989. The Kier molecular flexibility index (Phi) is 5.24. The lowest BCUT2D eigenvalue weighted by atomic mass is 10.0. The number of aliphatic hydroxyl groups excluding tert-OH is 1. The van der Waals surface area contributed by atoms with Gasteiger partial charge in [-0.3, -0.25) is 4.90 Å². The van der Waals surface area contributed by atoms with Gasteiger partial charge < -0.3 is 20.9 Å². The first-order chi connectivity index (χ1) is 13.1. The third kappa shape index (κ3) is 4.37. The summed E-state index contributed by atoms with van der Waals surface area (Å²) in [5.74, 6) is 1.79. The van der Waals surface area contributed by atoms with Crippen LogP contribution < -0.4 is 15.8 Å². The second-order valence-electron chi connectivity index (χ2n) is 7.51. The van der Waals surface area contributed by atoms with Crippen molar-refractivity contribution in [2.45, 2.75) is 6.10 Å². The molecule has 6 nitrogen and oxygen atoms in total. The van der Waals surface area contributed by atoms with E-state index in [1.54, 1.807) is 24.4 Å². The minimum atomic E-state index is -0.610. The molecule has 1 aromatic heterocycles. The molecule has 0 amide bonds. The molecule has 144 valence electrons. The molecule has 2 aliphatic rings. The highest BCUT2D eigenvalue weighted by Gasteiger charge is 2.36. The van der Waals surface area contributed by atoms with Gasteiger partial charge in [0.05, 0.1) is 0 Å². The van der Waals surface area contributed by atoms with Crippen molar-refractivity contribution >= 4 is 5.82 Å². The Morgan fingerprint density at radius 2 is 2.00 bits per heavy atom. The fraction of sp³-hybridized carbons (Fsp3) is 0.450. The van der Waals surface area contributed by atoms with Gasteiger partial charge in [0.15, 0.2) is 0 Å². The van der Waals surface area contributed by atoms with E-state index in [4.69, 9.17) is 10.5 Å². The van der Waals surface area contributed by atoms with Crippen molar-refractivity contribution in [1.29, 1.82) is 0 Å². The summed E-state index contributed by atoms with van der Waals surface area (Å²) in [5, 5.41) is 13.7. The topological polar surface area (TPSA) is 83.6 Å². The molecule has 0 bridgehead atoms. The van der Waals surface area contributed by atoms with Crippen molar-refractivity contribution in [3.63, 3.8) is 0 Å². The zero-order valence-corrected chi connectivity index (χ0v) is 15.1. The molecule has 2 fully saturated rings. The van der Waals surface area contributed by atoms with E-state index in [0.29, 0.717) is 35.5 Å². The molecule has 2 aliphatic heterocycles. The van der Waals surface area contributed by atoms with Gasteiger partial charge >= 0.3 is 0 Å². The number of anilines is 1. The largest absolute Gasteiger partial charge is 0.491 e. The number of nitrogens with zero attached hydrogens (tertiary/aromatic N) is 2. The lowest BCUT2D eigenvalue weighted by Crippen LogP contribution is -2.36. The molecular weight excluding hydrogens is 347 g/mol. The van der Waals surface area contributed by atoms with E-state index >= 15 is 0 Å². The monoisotopic (exact) mass is 372 g/mol. The Balaban J connectivity index is 1.34. The van der Waals surface area contributed by atoms with Gasteiger partial charge in [0, 0.05) is 37.5 Å². The molecule has 3 heterocycles. The molecular formula is C20H25FN4O2. The van der Waals surface area contributed by atoms with E-state index in [1.165, 1.54) is 12.1 Å². The zero-order valence-electron chi connectivity index (χ0n) is 15.1. The SMILES string of the molecule is Nc1ccc(-c2cc(F)cc(OCC(O)CN3C[C@H]4CNC[C@H]4C3)c2)cn1. The summed E-state index contributed by atoms with van der Waals surface area (Å²) < 4.78 is 19.6. The predicted molar refractivity (Wildman–Crippen MR) is 102 cm³/mol. The number of β-amino-alcohol motifs (C(OH)–C–C–N with tert-alkyl or cyclic N) is 1. The molecule has 0 radical (unpaired) electrons. The number of halogens is 1. The van der Waals surface area contributed by atoms with E-state index in [-0.39, 0.29) is 6.61 Å². The molecule has 2 aromatic rings. The number of nitrogens with one attached hydrogen (secondary N) is 1. The molecule has 7 heteroatoms. The first-order valence-corrected chi connectivity index (χ1v) is 9.33. The number of hydrogen-bond acceptors (Lipinski definition) is 6. The van der Waals surface area contributed by atoms with E-state index < -0.39 is 11.9 Å². The number of nitrogens with two attached hydrogens (primary N) is 1. The van der Waals surface area contributed by atoms with Crippen molar-refractivity contribution in [3.05, 3.63) is 42.3 Å². The Morgan fingerprint density at radius 1 is 1.22 bits per heavy atom. The Morgan fingerprint density at radius 3 is 2.70 bits per heavy atom. The van der Waals surface area contributed by atoms with Crippen LogP contribution in [0.5, 0.6) is 5.75 Å². The fourth-order valence-corrected chi connectivity index (χ4v) is 4.03. The molecule has 4 rings (SSSR count). The van der Waals surface area contributed by atoms with Gasteiger partial charge in [-0.2, -0.15) is 0 Å². The highest BCUT2D eigenvalue weighted by Crippen LogP contribution is 2.27. The van der Waals surface area contributed by atoms with Crippen LogP contribution in [-0.2, 0) is 0 Å². The van der Waals surface area contributed by atoms with Gasteiger partial charge in [0.1, 0.15) is 30.1 Å². The molecule has 1 aromatic carbocycles. The Hall–Kier alpha value is -2.22. The first-order valence-electron chi connectivity index (χ1n) is 9.33. The van der Waals surface area contributed by atoms with Gasteiger partial charge in [0.25, 0.3) is 0 Å².